The molecule has 2 heterocycles. The molecule has 96 valence electrons. The first kappa shape index (κ1) is 11.2. The van der Waals surface area contributed by atoms with E-state index in [1.807, 2.05) is 36.5 Å². The van der Waals surface area contributed by atoms with E-state index in [2.05, 4.69) is 40.1 Å². The van der Waals surface area contributed by atoms with Crippen LogP contribution in [0.1, 0.15) is 5.56 Å². The summed E-state index contributed by atoms with van der Waals surface area (Å²) in [6, 6.07) is 16.4. The number of fused-ring (bicyclic) bond motifs is 3. The zero-order valence-electron chi connectivity index (χ0n) is 11.1. The van der Waals surface area contributed by atoms with Crippen molar-refractivity contribution in [1.82, 2.24) is 15.0 Å². The standard InChI is InChI=1S/C17H13N3/c1-11-7-8-15-13(9-11)14-10-18-16(20-17(14)19-15)12-5-3-2-4-6-12/h2-10H,1H3,(H,18,19,20). The molecular weight excluding hydrogens is 246 g/mol. The summed E-state index contributed by atoms with van der Waals surface area (Å²) in [5, 5.41) is 2.25. The second-order valence-corrected chi connectivity index (χ2v) is 5.00. The Morgan fingerprint density at radius 2 is 1.80 bits per heavy atom. The molecule has 0 saturated heterocycles. The minimum absolute atomic E-state index is 0.751. The Morgan fingerprint density at radius 3 is 2.65 bits per heavy atom. The summed E-state index contributed by atoms with van der Waals surface area (Å²) in [6.45, 7) is 2.09. The van der Waals surface area contributed by atoms with Crippen LogP contribution in [0.4, 0.5) is 0 Å². The summed E-state index contributed by atoms with van der Waals surface area (Å²) < 4.78 is 0. The van der Waals surface area contributed by atoms with E-state index in [1.165, 1.54) is 10.9 Å². The van der Waals surface area contributed by atoms with Crippen molar-refractivity contribution in [3.8, 4) is 11.4 Å². The molecule has 0 aliphatic heterocycles. The van der Waals surface area contributed by atoms with Crippen molar-refractivity contribution >= 4 is 21.9 Å². The first-order valence-corrected chi connectivity index (χ1v) is 6.62. The van der Waals surface area contributed by atoms with Crippen molar-refractivity contribution in [1.29, 1.82) is 0 Å². The van der Waals surface area contributed by atoms with Crippen molar-refractivity contribution < 1.29 is 0 Å². The van der Waals surface area contributed by atoms with Gasteiger partial charge in [-0.3, -0.25) is 0 Å². The van der Waals surface area contributed by atoms with Gasteiger partial charge in [-0.15, -0.1) is 0 Å². The van der Waals surface area contributed by atoms with Crippen molar-refractivity contribution in [2.75, 3.05) is 0 Å². The molecule has 0 atom stereocenters. The zero-order chi connectivity index (χ0) is 13.5. The van der Waals surface area contributed by atoms with Gasteiger partial charge in [0.25, 0.3) is 0 Å². The lowest BCUT2D eigenvalue weighted by atomic mass is 10.1. The number of aryl methyl sites for hydroxylation is 1. The van der Waals surface area contributed by atoms with E-state index in [0.717, 1.165) is 27.9 Å². The van der Waals surface area contributed by atoms with Crippen molar-refractivity contribution in [3.05, 3.63) is 60.3 Å². The number of aromatic nitrogens is 3. The molecule has 20 heavy (non-hydrogen) atoms. The van der Waals surface area contributed by atoms with Gasteiger partial charge in [0.2, 0.25) is 0 Å². The maximum Gasteiger partial charge on any atom is 0.161 e. The number of H-pyrrole nitrogens is 1. The summed E-state index contributed by atoms with van der Waals surface area (Å²) in [4.78, 5) is 12.5. The SMILES string of the molecule is Cc1ccc2[nH]c3nc(-c4ccccc4)ncc3c2c1. The van der Waals surface area contributed by atoms with Crippen LogP contribution in [-0.2, 0) is 0 Å². The lowest BCUT2D eigenvalue weighted by Gasteiger charge is -1.99. The number of benzene rings is 2. The molecule has 0 unspecified atom stereocenters. The normalized spacial score (nSPS) is 11.2. The molecule has 0 radical (unpaired) electrons. The summed E-state index contributed by atoms with van der Waals surface area (Å²) in [5.74, 6) is 0.751. The van der Waals surface area contributed by atoms with Gasteiger partial charge in [0.1, 0.15) is 5.65 Å². The molecule has 2 aromatic carbocycles. The maximum atomic E-state index is 4.65. The average Bonchev–Trinajstić information content (AvgIpc) is 2.85. The molecule has 0 aliphatic carbocycles. The van der Waals surface area contributed by atoms with E-state index >= 15 is 0 Å². The minimum Gasteiger partial charge on any atom is -0.339 e. The monoisotopic (exact) mass is 259 g/mol. The Kier molecular flexibility index (Phi) is 2.33. The van der Waals surface area contributed by atoms with E-state index < -0.39 is 0 Å². The average molecular weight is 259 g/mol. The number of nitrogens with one attached hydrogen (secondary N) is 1. The molecule has 2 aromatic heterocycles. The van der Waals surface area contributed by atoms with Gasteiger partial charge in [0.05, 0.1) is 0 Å². The number of nitrogens with zero attached hydrogens (tertiary/aromatic N) is 2. The zero-order valence-corrected chi connectivity index (χ0v) is 11.1. The Labute approximate surface area is 116 Å². The Hall–Kier alpha value is -2.68. The molecule has 3 nitrogen and oxygen atoms in total. The fraction of sp³-hybridized carbons (Fsp3) is 0.0588. The van der Waals surface area contributed by atoms with E-state index in [1.54, 1.807) is 0 Å². The first-order valence-electron chi connectivity index (χ1n) is 6.62. The molecule has 0 bridgehead atoms. The molecule has 4 rings (SSSR count). The number of hydrogen-bond acceptors (Lipinski definition) is 2. The largest absolute Gasteiger partial charge is 0.339 e. The summed E-state index contributed by atoms with van der Waals surface area (Å²) in [5.41, 5.74) is 4.26. The fourth-order valence-electron chi connectivity index (χ4n) is 2.52. The van der Waals surface area contributed by atoms with Gasteiger partial charge in [0, 0.05) is 28.0 Å². The van der Waals surface area contributed by atoms with E-state index in [4.69, 9.17) is 0 Å². The Bertz CT molecular complexity index is 907. The predicted molar refractivity (Wildman–Crippen MR) is 81.6 cm³/mol. The summed E-state index contributed by atoms with van der Waals surface area (Å²) in [6.07, 6.45) is 1.91. The van der Waals surface area contributed by atoms with Crippen LogP contribution < -0.4 is 0 Å². The summed E-state index contributed by atoms with van der Waals surface area (Å²) in [7, 11) is 0. The van der Waals surface area contributed by atoms with E-state index in [9.17, 15) is 0 Å². The Balaban J connectivity index is 1.98. The molecule has 1 N–H and O–H groups in total. The lowest BCUT2D eigenvalue weighted by Crippen LogP contribution is -1.88. The highest BCUT2D eigenvalue weighted by Gasteiger charge is 2.08. The predicted octanol–water partition coefficient (Wildman–Crippen LogP) is 4.09. The van der Waals surface area contributed by atoms with Crippen molar-refractivity contribution in [3.63, 3.8) is 0 Å². The van der Waals surface area contributed by atoms with Crippen LogP contribution >= 0.6 is 0 Å². The van der Waals surface area contributed by atoms with E-state index in [-0.39, 0.29) is 0 Å². The molecule has 3 heteroatoms. The van der Waals surface area contributed by atoms with Gasteiger partial charge < -0.3 is 4.98 Å². The lowest BCUT2D eigenvalue weighted by molar-refractivity contribution is 1.21. The van der Waals surface area contributed by atoms with Crippen molar-refractivity contribution in [2.24, 2.45) is 0 Å². The van der Waals surface area contributed by atoms with Crippen LogP contribution in [-0.4, -0.2) is 15.0 Å². The van der Waals surface area contributed by atoms with Crippen LogP contribution in [0, 0.1) is 6.92 Å². The first-order chi connectivity index (χ1) is 9.81. The smallest absolute Gasteiger partial charge is 0.161 e. The number of aromatic amines is 1. The van der Waals surface area contributed by atoms with Crippen LogP contribution in [0.15, 0.2) is 54.7 Å². The van der Waals surface area contributed by atoms with Gasteiger partial charge in [-0.25, -0.2) is 9.97 Å². The Morgan fingerprint density at radius 1 is 0.950 bits per heavy atom. The molecular formula is C17H13N3. The highest BCUT2D eigenvalue weighted by molar-refractivity contribution is 6.05. The van der Waals surface area contributed by atoms with Crippen LogP contribution in [0.5, 0.6) is 0 Å². The number of hydrogen-bond donors (Lipinski definition) is 1. The molecule has 4 aromatic rings. The van der Waals surface area contributed by atoms with Crippen LogP contribution in [0.25, 0.3) is 33.3 Å². The molecule has 0 amide bonds. The third-order valence-electron chi connectivity index (χ3n) is 3.54. The summed E-state index contributed by atoms with van der Waals surface area (Å²) >= 11 is 0. The van der Waals surface area contributed by atoms with Crippen LogP contribution in [0.2, 0.25) is 0 Å². The maximum absolute atomic E-state index is 4.65. The van der Waals surface area contributed by atoms with Crippen molar-refractivity contribution in [2.45, 2.75) is 6.92 Å². The van der Waals surface area contributed by atoms with Gasteiger partial charge in [-0.2, -0.15) is 0 Å². The minimum atomic E-state index is 0.751. The quantitative estimate of drug-likeness (QED) is 0.559. The van der Waals surface area contributed by atoms with Gasteiger partial charge in [0.15, 0.2) is 5.82 Å². The topological polar surface area (TPSA) is 41.6 Å². The molecule has 0 aliphatic rings. The van der Waals surface area contributed by atoms with E-state index in [0.29, 0.717) is 0 Å². The fourth-order valence-corrected chi connectivity index (χ4v) is 2.52. The third kappa shape index (κ3) is 1.67. The van der Waals surface area contributed by atoms with Gasteiger partial charge >= 0.3 is 0 Å². The molecule has 0 spiro atoms. The highest BCUT2D eigenvalue weighted by atomic mass is 14.9. The second-order valence-electron chi connectivity index (χ2n) is 5.00. The molecule has 0 saturated carbocycles. The second kappa shape index (κ2) is 4.17. The van der Waals surface area contributed by atoms with Crippen LogP contribution in [0.3, 0.4) is 0 Å². The number of rotatable bonds is 1. The highest BCUT2D eigenvalue weighted by Crippen LogP contribution is 2.26. The van der Waals surface area contributed by atoms with Gasteiger partial charge in [-0.1, -0.05) is 42.0 Å². The molecule has 0 fully saturated rings. The third-order valence-corrected chi connectivity index (χ3v) is 3.54. The van der Waals surface area contributed by atoms with Gasteiger partial charge in [-0.05, 0) is 19.1 Å².